The van der Waals surface area contributed by atoms with Crippen molar-refractivity contribution in [2.24, 2.45) is 0 Å². The van der Waals surface area contributed by atoms with Gasteiger partial charge in [0.15, 0.2) is 0 Å². The summed E-state index contributed by atoms with van der Waals surface area (Å²) in [6.45, 7) is 3.73. The Hall–Kier alpha value is -3.60. The van der Waals surface area contributed by atoms with Crippen LogP contribution in [0.2, 0.25) is 0 Å². The monoisotopic (exact) mass is 356 g/mol. The van der Waals surface area contributed by atoms with Gasteiger partial charge in [0.05, 0.1) is 0 Å². The van der Waals surface area contributed by atoms with Crippen molar-refractivity contribution < 1.29 is 0 Å². The van der Waals surface area contributed by atoms with Crippen LogP contribution in [-0.2, 0) is 6.42 Å². The molecule has 0 heteroatoms. The predicted molar refractivity (Wildman–Crippen MR) is 122 cm³/mol. The summed E-state index contributed by atoms with van der Waals surface area (Å²) in [6, 6.07) is 30.0. The summed E-state index contributed by atoms with van der Waals surface area (Å²) in [7, 11) is 0. The van der Waals surface area contributed by atoms with Gasteiger partial charge in [-0.2, -0.15) is 0 Å². The van der Waals surface area contributed by atoms with Crippen molar-refractivity contribution in [3.63, 3.8) is 0 Å². The normalized spacial score (nSPS) is 12.0. The maximum absolute atomic E-state index is 3.73. The third-order valence-electron chi connectivity index (χ3n) is 5.51. The molecule has 1 aliphatic carbocycles. The largest absolute Gasteiger partial charge is 0.120 e. The molecule has 0 saturated heterocycles. The molecule has 0 spiro atoms. The molecule has 0 atom stereocenters. The van der Waals surface area contributed by atoms with Gasteiger partial charge in [-0.25, -0.2) is 0 Å². The Labute approximate surface area is 164 Å². The van der Waals surface area contributed by atoms with Gasteiger partial charge >= 0.3 is 0 Å². The third kappa shape index (κ3) is 2.72. The Morgan fingerprint density at radius 2 is 1.29 bits per heavy atom. The highest BCUT2D eigenvalue weighted by Crippen LogP contribution is 2.28. The Morgan fingerprint density at radius 1 is 0.643 bits per heavy atom. The average molecular weight is 356 g/mol. The Bertz CT molecular complexity index is 1400. The van der Waals surface area contributed by atoms with Gasteiger partial charge in [-0.3, -0.25) is 0 Å². The van der Waals surface area contributed by atoms with E-state index in [1.165, 1.54) is 43.4 Å². The lowest BCUT2D eigenvalue weighted by Crippen LogP contribution is -1.99. The fraction of sp³-hybridized carbons (Fsp3) is 0.0357. The summed E-state index contributed by atoms with van der Waals surface area (Å²) >= 11 is 0. The molecule has 0 fully saturated rings. The highest BCUT2D eigenvalue weighted by atomic mass is 14.1. The van der Waals surface area contributed by atoms with Crippen LogP contribution in [0.3, 0.4) is 0 Å². The van der Waals surface area contributed by atoms with Crippen molar-refractivity contribution in [2.45, 2.75) is 6.42 Å². The average Bonchev–Trinajstić information content (AvgIpc) is 2.76. The van der Waals surface area contributed by atoms with Gasteiger partial charge in [0.1, 0.15) is 0 Å². The Balaban J connectivity index is 0.000000123. The molecule has 0 N–H and O–H groups in total. The molecule has 5 aromatic rings. The lowest BCUT2D eigenvalue weighted by Gasteiger charge is -2.11. The minimum absolute atomic E-state index is 1.08. The summed E-state index contributed by atoms with van der Waals surface area (Å²) in [6.07, 6.45) is 5.53. The quantitative estimate of drug-likeness (QED) is 0.290. The molecule has 28 heavy (non-hydrogen) atoms. The molecule has 1 aliphatic rings. The van der Waals surface area contributed by atoms with E-state index in [0.29, 0.717) is 0 Å². The van der Waals surface area contributed by atoms with Gasteiger partial charge in [-0.1, -0.05) is 97.6 Å². The second kappa shape index (κ2) is 6.85. The van der Waals surface area contributed by atoms with Crippen molar-refractivity contribution in [1.82, 2.24) is 0 Å². The first-order valence-corrected chi connectivity index (χ1v) is 9.62. The maximum atomic E-state index is 3.73. The first-order valence-electron chi connectivity index (χ1n) is 9.62. The van der Waals surface area contributed by atoms with Crippen molar-refractivity contribution in [3.05, 3.63) is 114 Å². The zero-order chi connectivity index (χ0) is 18.9. The Morgan fingerprint density at radius 3 is 2.07 bits per heavy atom. The van der Waals surface area contributed by atoms with Crippen molar-refractivity contribution in [2.75, 3.05) is 0 Å². The molecule has 6 rings (SSSR count). The van der Waals surface area contributed by atoms with Crippen molar-refractivity contribution in [1.29, 1.82) is 0 Å². The van der Waals surface area contributed by atoms with Crippen molar-refractivity contribution >= 4 is 44.1 Å². The van der Waals surface area contributed by atoms with Gasteiger partial charge in [0, 0.05) is 5.22 Å². The van der Waals surface area contributed by atoms with Crippen LogP contribution in [0.25, 0.3) is 44.1 Å². The van der Waals surface area contributed by atoms with Gasteiger partial charge in [0.2, 0.25) is 0 Å². The van der Waals surface area contributed by atoms with E-state index in [2.05, 4.69) is 109 Å². The zero-order valence-electron chi connectivity index (χ0n) is 15.7. The van der Waals surface area contributed by atoms with Gasteiger partial charge in [-0.15, -0.1) is 5.73 Å². The number of allylic oxidation sites excluding steroid dienone is 1. The van der Waals surface area contributed by atoms with E-state index < -0.39 is 0 Å². The molecule has 0 bridgehead atoms. The highest BCUT2D eigenvalue weighted by molar-refractivity contribution is 6.10. The van der Waals surface area contributed by atoms with Crippen LogP contribution >= 0.6 is 0 Å². The summed E-state index contributed by atoms with van der Waals surface area (Å²) in [5.41, 5.74) is 5.80. The van der Waals surface area contributed by atoms with Crippen LogP contribution < -0.4 is 5.22 Å². The van der Waals surface area contributed by atoms with E-state index in [1.54, 1.807) is 0 Å². The first kappa shape index (κ1) is 16.6. The minimum atomic E-state index is 1.08. The number of rotatable bonds is 0. The smallest absolute Gasteiger partial charge is 0.0237 e. The molecule has 5 aromatic carbocycles. The summed E-state index contributed by atoms with van der Waals surface area (Å²) < 4.78 is 0. The number of hydrogen-bond acceptors (Lipinski definition) is 0. The van der Waals surface area contributed by atoms with E-state index in [1.807, 2.05) is 0 Å². The molecule has 0 radical (unpaired) electrons. The fourth-order valence-electron chi connectivity index (χ4n) is 4.22. The van der Waals surface area contributed by atoms with E-state index in [0.717, 1.165) is 11.6 Å². The van der Waals surface area contributed by atoms with Crippen LogP contribution in [0.1, 0.15) is 11.1 Å². The second-order valence-corrected chi connectivity index (χ2v) is 7.14. The molecule has 0 heterocycles. The minimum Gasteiger partial charge on any atom is -0.120 e. The maximum Gasteiger partial charge on any atom is 0.0237 e. The predicted octanol–water partition coefficient (Wildman–Crippen LogP) is 6.69. The second-order valence-electron chi connectivity index (χ2n) is 7.14. The van der Waals surface area contributed by atoms with E-state index in [9.17, 15) is 0 Å². The summed E-state index contributed by atoms with van der Waals surface area (Å²) in [5.74, 6) is 0. The molecule has 0 amide bonds. The third-order valence-corrected chi connectivity index (χ3v) is 5.51. The van der Waals surface area contributed by atoms with E-state index in [-0.39, 0.29) is 0 Å². The SMILES string of the molecule is C1=Cc2cccc3cccc(c23)C1.C=C=c1ccc2cccc3cccc1c32. The zero-order valence-corrected chi connectivity index (χ0v) is 15.7. The lowest BCUT2D eigenvalue weighted by atomic mass is 9.93. The van der Waals surface area contributed by atoms with Crippen LogP contribution in [0, 0.1) is 0 Å². The molecule has 132 valence electrons. The van der Waals surface area contributed by atoms with Crippen LogP contribution in [-0.4, -0.2) is 0 Å². The summed E-state index contributed by atoms with van der Waals surface area (Å²) in [4.78, 5) is 0. The van der Waals surface area contributed by atoms with Crippen molar-refractivity contribution in [3.8, 4) is 0 Å². The fourth-order valence-corrected chi connectivity index (χ4v) is 4.22. The first-order chi connectivity index (χ1) is 13.8. The highest BCUT2D eigenvalue weighted by Gasteiger charge is 2.06. The van der Waals surface area contributed by atoms with Gasteiger partial charge < -0.3 is 0 Å². The molecule has 0 aromatic heterocycles. The molecule has 0 aliphatic heterocycles. The molecular formula is C28H20. The molecular weight excluding hydrogens is 336 g/mol. The molecule has 0 nitrogen and oxygen atoms in total. The lowest BCUT2D eigenvalue weighted by molar-refractivity contribution is 1.29. The van der Waals surface area contributed by atoms with Crippen LogP contribution in [0.5, 0.6) is 0 Å². The summed E-state index contributed by atoms with van der Waals surface area (Å²) in [5, 5.41) is 8.99. The number of benzene rings is 5. The van der Waals surface area contributed by atoms with Gasteiger partial charge in [-0.05, 0) is 55.9 Å². The van der Waals surface area contributed by atoms with E-state index >= 15 is 0 Å². The van der Waals surface area contributed by atoms with E-state index in [4.69, 9.17) is 0 Å². The molecule has 0 saturated carbocycles. The molecule has 0 unspecified atom stereocenters. The topological polar surface area (TPSA) is 0 Å². The Kier molecular flexibility index (Phi) is 4.05. The van der Waals surface area contributed by atoms with Gasteiger partial charge in [0.25, 0.3) is 0 Å². The van der Waals surface area contributed by atoms with Crippen LogP contribution in [0.15, 0.2) is 97.6 Å². The number of hydrogen-bond donors (Lipinski definition) is 0. The standard InChI is InChI=1S/C15H10.C13H10/c1-2-11-9-10-13-6-3-5-12-7-4-8-14(11)15(12)13;1-4-10-6-2-8-12-9-3-7-11(5-1)13(10)12/h3-10H,1H2;1-8H,9H2. The van der Waals surface area contributed by atoms with Crippen LogP contribution in [0.4, 0.5) is 0 Å².